The first-order chi connectivity index (χ1) is 15.8. The molecule has 2 aromatic rings. The first-order valence-electron chi connectivity index (χ1n) is 11.0. The van der Waals surface area contributed by atoms with Crippen LogP contribution >= 0.6 is 0 Å². The maximum atomic E-state index is 13.3. The van der Waals surface area contributed by atoms with Gasteiger partial charge in [-0.15, -0.1) is 0 Å². The van der Waals surface area contributed by atoms with E-state index in [2.05, 4.69) is 16.0 Å². The number of anilines is 2. The third-order valence-corrected chi connectivity index (χ3v) is 5.93. The zero-order chi connectivity index (χ0) is 23.4. The van der Waals surface area contributed by atoms with Gasteiger partial charge >= 0.3 is 0 Å². The van der Waals surface area contributed by atoms with Crippen LogP contribution in [0.3, 0.4) is 0 Å². The van der Waals surface area contributed by atoms with Gasteiger partial charge in [0, 0.05) is 55.8 Å². The summed E-state index contributed by atoms with van der Waals surface area (Å²) in [5.74, 6) is -3.42. The fourth-order valence-electron chi connectivity index (χ4n) is 3.94. The number of imide groups is 1. The summed E-state index contributed by atoms with van der Waals surface area (Å²) in [5.41, 5.74) is 2.78. The van der Waals surface area contributed by atoms with Gasteiger partial charge in [0.15, 0.2) is 0 Å². The van der Waals surface area contributed by atoms with Crippen molar-refractivity contribution in [2.75, 3.05) is 23.7 Å². The van der Waals surface area contributed by atoms with E-state index in [1.165, 1.54) is 0 Å². The smallest absolute Gasteiger partial charge is 0.255 e. The molecule has 2 saturated heterocycles. The monoisotopic (exact) mass is 456 g/mol. The molecule has 1 atom stereocenters. The number of amides is 3. The van der Waals surface area contributed by atoms with Crippen molar-refractivity contribution in [3.05, 3.63) is 59.7 Å². The summed E-state index contributed by atoms with van der Waals surface area (Å²) in [4.78, 5) is 37.6. The van der Waals surface area contributed by atoms with Crippen molar-refractivity contribution >= 4 is 29.1 Å². The molecule has 0 radical (unpaired) electrons. The molecule has 0 bridgehead atoms. The normalized spacial score (nSPS) is 20.7. The molecule has 33 heavy (non-hydrogen) atoms. The molecule has 2 fully saturated rings. The molecule has 9 heteroatoms. The number of likely N-dealkylation sites (tertiary alicyclic amines) is 1. The SMILES string of the molecule is O=C1CCC(Nc2ccc(NC(=O)c3ccc(CN4CCC(F)(F)CC4)cc3)cc2)C(=O)N1. The van der Waals surface area contributed by atoms with Crippen molar-refractivity contribution in [3.8, 4) is 0 Å². The fraction of sp³-hybridized carbons (Fsp3) is 0.375. The van der Waals surface area contributed by atoms with E-state index in [1.807, 2.05) is 17.0 Å². The molecule has 3 amide bonds. The molecular formula is C24H26F2N4O3. The summed E-state index contributed by atoms with van der Waals surface area (Å²) in [6.45, 7) is 1.31. The standard InChI is InChI=1S/C24H26F2N4O3/c25-24(26)11-13-30(14-12-24)15-16-1-3-17(4-2-16)22(32)28-19-7-5-18(6-8-19)27-20-9-10-21(31)29-23(20)33/h1-8,20,27H,9-15H2,(H,28,32)(H,29,31,33). The summed E-state index contributed by atoms with van der Waals surface area (Å²) in [6, 6.07) is 13.6. The molecule has 2 aliphatic rings. The Kier molecular flexibility index (Phi) is 6.69. The molecular weight excluding hydrogens is 430 g/mol. The zero-order valence-electron chi connectivity index (χ0n) is 18.1. The predicted molar refractivity (Wildman–Crippen MR) is 120 cm³/mol. The van der Waals surface area contributed by atoms with E-state index in [0.717, 1.165) is 5.56 Å². The van der Waals surface area contributed by atoms with Crippen LogP contribution in [0.5, 0.6) is 0 Å². The van der Waals surface area contributed by atoms with Crippen LogP contribution in [0.25, 0.3) is 0 Å². The topological polar surface area (TPSA) is 90.5 Å². The van der Waals surface area contributed by atoms with Gasteiger partial charge in [0.05, 0.1) is 0 Å². The Morgan fingerprint density at radius 3 is 2.27 bits per heavy atom. The van der Waals surface area contributed by atoms with Crippen molar-refractivity contribution in [1.29, 1.82) is 0 Å². The minimum absolute atomic E-state index is 0.116. The van der Waals surface area contributed by atoms with E-state index in [0.29, 0.717) is 49.4 Å². The van der Waals surface area contributed by atoms with Crippen LogP contribution in [0.1, 0.15) is 41.6 Å². The van der Waals surface area contributed by atoms with Crippen molar-refractivity contribution < 1.29 is 23.2 Å². The molecule has 0 spiro atoms. The number of rotatable bonds is 6. The fourth-order valence-corrected chi connectivity index (χ4v) is 3.94. The van der Waals surface area contributed by atoms with E-state index in [-0.39, 0.29) is 30.6 Å². The van der Waals surface area contributed by atoms with Gasteiger partial charge in [-0.3, -0.25) is 24.6 Å². The minimum atomic E-state index is -2.56. The number of halogens is 2. The second kappa shape index (κ2) is 9.66. The zero-order valence-corrected chi connectivity index (χ0v) is 18.1. The number of hydrogen-bond acceptors (Lipinski definition) is 5. The van der Waals surface area contributed by atoms with Gasteiger partial charge in [0.1, 0.15) is 6.04 Å². The predicted octanol–water partition coefficient (Wildman–Crippen LogP) is 3.39. The first kappa shape index (κ1) is 22.8. The lowest BCUT2D eigenvalue weighted by molar-refractivity contribution is -0.133. The van der Waals surface area contributed by atoms with Crippen molar-refractivity contribution in [1.82, 2.24) is 10.2 Å². The largest absolute Gasteiger partial charge is 0.374 e. The third kappa shape index (κ3) is 6.13. The van der Waals surface area contributed by atoms with Gasteiger partial charge < -0.3 is 10.6 Å². The Morgan fingerprint density at radius 2 is 1.64 bits per heavy atom. The van der Waals surface area contributed by atoms with Gasteiger partial charge in [-0.1, -0.05) is 12.1 Å². The second-order valence-electron chi connectivity index (χ2n) is 8.51. The molecule has 2 aromatic carbocycles. The van der Waals surface area contributed by atoms with E-state index in [1.54, 1.807) is 36.4 Å². The average molecular weight is 456 g/mol. The molecule has 7 nitrogen and oxygen atoms in total. The van der Waals surface area contributed by atoms with Crippen LogP contribution in [0, 0.1) is 0 Å². The first-order valence-corrected chi connectivity index (χ1v) is 11.0. The van der Waals surface area contributed by atoms with Crippen LogP contribution in [-0.4, -0.2) is 47.7 Å². The number of benzene rings is 2. The number of hydrogen-bond donors (Lipinski definition) is 3. The number of nitrogens with zero attached hydrogens (tertiary/aromatic N) is 1. The molecule has 3 N–H and O–H groups in total. The number of carbonyl (C=O) groups is 3. The Labute approximate surface area is 190 Å². The van der Waals surface area contributed by atoms with Gasteiger partial charge in [0.25, 0.3) is 11.8 Å². The van der Waals surface area contributed by atoms with Crippen molar-refractivity contribution in [2.45, 2.75) is 44.2 Å². The van der Waals surface area contributed by atoms with E-state index >= 15 is 0 Å². The summed E-state index contributed by atoms with van der Waals surface area (Å²) in [7, 11) is 0. The molecule has 1 unspecified atom stereocenters. The minimum Gasteiger partial charge on any atom is -0.374 e. The summed E-state index contributed by atoms with van der Waals surface area (Å²) in [6.07, 6.45) is 0.498. The Bertz CT molecular complexity index is 1020. The summed E-state index contributed by atoms with van der Waals surface area (Å²) in [5, 5.41) is 8.22. The van der Waals surface area contributed by atoms with Gasteiger partial charge in [-0.2, -0.15) is 0 Å². The maximum absolute atomic E-state index is 13.3. The lowest BCUT2D eigenvalue weighted by atomic mass is 10.1. The lowest BCUT2D eigenvalue weighted by Crippen LogP contribution is -2.47. The molecule has 2 aliphatic heterocycles. The Hall–Kier alpha value is -3.33. The average Bonchev–Trinajstić information content (AvgIpc) is 2.79. The number of piperidine rings is 2. The lowest BCUT2D eigenvalue weighted by Gasteiger charge is -2.31. The summed E-state index contributed by atoms with van der Waals surface area (Å²) >= 11 is 0. The quantitative estimate of drug-likeness (QED) is 0.580. The van der Waals surface area contributed by atoms with E-state index in [4.69, 9.17) is 0 Å². The molecule has 4 rings (SSSR count). The van der Waals surface area contributed by atoms with Crippen molar-refractivity contribution in [2.24, 2.45) is 0 Å². The van der Waals surface area contributed by atoms with Gasteiger partial charge in [-0.25, -0.2) is 8.78 Å². The maximum Gasteiger partial charge on any atom is 0.255 e. The number of nitrogens with one attached hydrogen (secondary N) is 3. The van der Waals surface area contributed by atoms with Gasteiger partial charge in [0.2, 0.25) is 11.8 Å². The third-order valence-electron chi connectivity index (χ3n) is 5.93. The molecule has 0 aliphatic carbocycles. The van der Waals surface area contributed by atoms with Crippen LogP contribution in [0.2, 0.25) is 0 Å². The highest BCUT2D eigenvalue weighted by Gasteiger charge is 2.33. The second-order valence-corrected chi connectivity index (χ2v) is 8.51. The van der Waals surface area contributed by atoms with Crippen LogP contribution < -0.4 is 16.0 Å². The highest BCUT2D eigenvalue weighted by Crippen LogP contribution is 2.28. The number of carbonyl (C=O) groups excluding carboxylic acids is 3. The molecule has 0 saturated carbocycles. The molecule has 2 heterocycles. The van der Waals surface area contributed by atoms with Crippen LogP contribution in [0.15, 0.2) is 48.5 Å². The highest BCUT2D eigenvalue weighted by molar-refractivity contribution is 6.04. The Balaban J connectivity index is 1.28. The van der Waals surface area contributed by atoms with Crippen LogP contribution in [0.4, 0.5) is 20.2 Å². The number of alkyl halides is 2. The highest BCUT2D eigenvalue weighted by atomic mass is 19.3. The van der Waals surface area contributed by atoms with E-state index in [9.17, 15) is 23.2 Å². The van der Waals surface area contributed by atoms with E-state index < -0.39 is 12.0 Å². The van der Waals surface area contributed by atoms with Crippen LogP contribution in [-0.2, 0) is 16.1 Å². The van der Waals surface area contributed by atoms with Gasteiger partial charge in [-0.05, 0) is 48.4 Å². The Morgan fingerprint density at radius 1 is 1.00 bits per heavy atom. The molecule has 174 valence electrons. The summed E-state index contributed by atoms with van der Waals surface area (Å²) < 4.78 is 26.6. The van der Waals surface area contributed by atoms with Crippen molar-refractivity contribution in [3.63, 3.8) is 0 Å². The molecule has 0 aromatic heterocycles.